The molecule has 5 aromatic rings. The topological polar surface area (TPSA) is 102 Å². The molecule has 0 fully saturated rings. The maximum Gasteiger partial charge on any atom is 0.251 e. The number of fused-ring (bicyclic) bond motifs is 6. The van der Waals surface area contributed by atoms with Crippen molar-refractivity contribution in [2.24, 2.45) is 5.73 Å². The van der Waals surface area contributed by atoms with Gasteiger partial charge in [-0.25, -0.2) is 9.97 Å². The van der Waals surface area contributed by atoms with E-state index in [0.29, 0.717) is 15.7 Å². The number of benzene rings is 2. The summed E-state index contributed by atoms with van der Waals surface area (Å²) in [5.74, 6) is -0.539. The molecule has 0 spiro atoms. The van der Waals surface area contributed by atoms with Crippen LogP contribution in [0.5, 0.6) is 0 Å². The summed E-state index contributed by atoms with van der Waals surface area (Å²) >= 11 is 2.81. The molecule has 0 bridgehead atoms. The molecular weight excluding hydrogens is 454 g/mol. The highest BCUT2D eigenvalue weighted by Crippen LogP contribution is 2.39. The Morgan fingerprint density at radius 1 is 1.06 bits per heavy atom. The Bertz CT molecular complexity index is 1590. The molecule has 0 saturated carbocycles. The molecule has 7 nitrogen and oxygen atoms in total. The highest BCUT2D eigenvalue weighted by molar-refractivity contribution is 7.99. The number of rotatable bonds is 5. The zero-order valence-electron chi connectivity index (χ0n) is 17.5. The standard InChI is InChI=1S/C24H19N5O2S2/c25-21(31)20-14-7-5-11-18(14)33-23(20)28-19(30)12-32-24-27-15-8-2-1-6-13(15)22-26-16-9-3-4-10-17(16)29(22)24/h1-4,6,8-10H,5,7,11-12H2,(H2,25,31)(H,28,30). The number of nitrogens with one attached hydrogen (secondary N) is 1. The second-order valence-corrected chi connectivity index (χ2v) is 9.98. The Morgan fingerprint density at radius 2 is 1.85 bits per heavy atom. The number of para-hydroxylation sites is 3. The Labute approximate surface area is 197 Å². The number of thiophene rings is 1. The number of nitrogens with zero attached hydrogens (tertiary/aromatic N) is 3. The first-order valence-corrected chi connectivity index (χ1v) is 12.4. The molecule has 6 rings (SSSR count). The lowest BCUT2D eigenvalue weighted by Crippen LogP contribution is -2.19. The van der Waals surface area contributed by atoms with Crippen LogP contribution < -0.4 is 11.1 Å². The van der Waals surface area contributed by atoms with E-state index in [-0.39, 0.29) is 11.7 Å². The van der Waals surface area contributed by atoms with Crippen LogP contribution in [-0.4, -0.2) is 31.9 Å². The number of nitrogens with two attached hydrogens (primary N) is 1. The van der Waals surface area contributed by atoms with Crippen molar-refractivity contribution in [2.45, 2.75) is 24.4 Å². The number of carbonyl (C=O) groups is 2. The van der Waals surface area contributed by atoms with E-state index in [1.54, 1.807) is 0 Å². The Morgan fingerprint density at radius 3 is 2.70 bits per heavy atom. The van der Waals surface area contributed by atoms with E-state index in [4.69, 9.17) is 15.7 Å². The number of hydrogen-bond acceptors (Lipinski definition) is 6. The first-order valence-electron chi connectivity index (χ1n) is 10.6. The number of aromatic nitrogens is 3. The van der Waals surface area contributed by atoms with E-state index in [9.17, 15) is 9.59 Å². The maximum atomic E-state index is 12.9. The number of primary amides is 1. The van der Waals surface area contributed by atoms with Crippen LogP contribution in [0.3, 0.4) is 0 Å². The Kier molecular flexibility index (Phi) is 4.81. The van der Waals surface area contributed by atoms with E-state index in [1.165, 1.54) is 23.1 Å². The van der Waals surface area contributed by atoms with E-state index < -0.39 is 5.91 Å². The zero-order chi connectivity index (χ0) is 22.5. The fourth-order valence-corrected chi connectivity index (χ4v) is 6.58. The summed E-state index contributed by atoms with van der Waals surface area (Å²) in [5, 5.41) is 5.12. The smallest absolute Gasteiger partial charge is 0.251 e. The SMILES string of the molecule is NC(=O)c1c(NC(=O)CSc2nc3ccccc3c3nc4ccccc4n23)sc2c1CCC2. The van der Waals surface area contributed by atoms with Gasteiger partial charge in [-0.1, -0.05) is 36.0 Å². The van der Waals surface area contributed by atoms with Crippen LogP contribution in [0.1, 0.15) is 27.2 Å². The number of hydrogen-bond donors (Lipinski definition) is 2. The number of thioether (sulfide) groups is 1. The van der Waals surface area contributed by atoms with Crippen molar-refractivity contribution in [3.63, 3.8) is 0 Å². The van der Waals surface area contributed by atoms with Gasteiger partial charge in [0.2, 0.25) is 5.91 Å². The van der Waals surface area contributed by atoms with Gasteiger partial charge in [-0.2, -0.15) is 0 Å². The summed E-state index contributed by atoms with van der Waals surface area (Å²) in [6, 6.07) is 15.8. The first-order chi connectivity index (χ1) is 16.1. The third kappa shape index (κ3) is 3.35. The summed E-state index contributed by atoms with van der Waals surface area (Å²) in [4.78, 5) is 35.7. The molecule has 33 heavy (non-hydrogen) atoms. The maximum absolute atomic E-state index is 12.9. The van der Waals surface area contributed by atoms with Crippen LogP contribution >= 0.6 is 23.1 Å². The van der Waals surface area contributed by atoms with Gasteiger partial charge in [0.05, 0.1) is 27.9 Å². The molecule has 0 radical (unpaired) electrons. The molecule has 1 aliphatic rings. The zero-order valence-corrected chi connectivity index (χ0v) is 19.1. The monoisotopic (exact) mass is 473 g/mol. The number of carbonyl (C=O) groups excluding carboxylic acids is 2. The van der Waals surface area contributed by atoms with Crippen LogP contribution in [0.25, 0.3) is 27.6 Å². The van der Waals surface area contributed by atoms with Gasteiger partial charge >= 0.3 is 0 Å². The van der Waals surface area contributed by atoms with E-state index >= 15 is 0 Å². The minimum Gasteiger partial charge on any atom is -0.365 e. The minimum absolute atomic E-state index is 0.147. The van der Waals surface area contributed by atoms with Crippen molar-refractivity contribution in [3.05, 3.63) is 64.5 Å². The quantitative estimate of drug-likeness (QED) is 0.291. The van der Waals surface area contributed by atoms with Crippen molar-refractivity contribution in [3.8, 4) is 0 Å². The molecule has 1 aliphatic carbocycles. The normalized spacial score (nSPS) is 13.1. The molecule has 0 saturated heterocycles. The lowest BCUT2D eigenvalue weighted by atomic mass is 10.1. The summed E-state index contributed by atoms with van der Waals surface area (Å²) in [7, 11) is 0. The van der Waals surface area contributed by atoms with Crippen molar-refractivity contribution in [2.75, 3.05) is 11.1 Å². The first kappa shape index (κ1) is 20.2. The second kappa shape index (κ2) is 7.86. The van der Waals surface area contributed by atoms with Gasteiger partial charge in [-0.15, -0.1) is 11.3 Å². The summed E-state index contributed by atoms with van der Waals surface area (Å²) < 4.78 is 2.00. The van der Waals surface area contributed by atoms with Crippen molar-refractivity contribution >= 4 is 67.5 Å². The predicted molar refractivity (Wildman–Crippen MR) is 132 cm³/mol. The summed E-state index contributed by atoms with van der Waals surface area (Å²) in [6.07, 6.45) is 2.78. The van der Waals surface area contributed by atoms with Gasteiger partial charge in [-0.05, 0) is 49.1 Å². The lowest BCUT2D eigenvalue weighted by Gasteiger charge is -2.09. The predicted octanol–water partition coefficient (Wildman–Crippen LogP) is 4.42. The minimum atomic E-state index is -0.486. The number of imidazole rings is 1. The molecule has 0 unspecified atom stereocenters. The van der Waals surface area contributed by atoms with Crippen molar-refractivity contribution in [1.29, 1.82) is 0 Å². The number of amides is 2. The van der Waals surface area contributed by atoms with Crippen LogP contribution in [0, 0.1) is 0 Å². The van der Waals surface area contributed by atoms with Crippen LogP contribution in [0.15, 0.2) is 53.7 Å². The molecule has 3 aromatic heterocycles. The van der Waals surface area contributed by atoms with Crippen LogP contribution in [0.2, 0.25) is 0 Å². The van der Waals surface area contributed by atoms with Crippen LogP contribution in [-0.2, 0) is 17.6 Å². The van der Waals surface area contributed by atoms with E-state index in [0.717, 1.165) is 57.3 Å². The fourth-order valence-electron chi connectivity index (χ4n) is 4.46. The number of aryl methyl sites for hydroxylation is 1. The van der Waals surface area contributed by atoms with Gasteiger partial charge in [0.1, 0.15) is 10.6 Å². The van der Waals surface area contributed by atoms with Crippen molar-refractivity contribution < 1.29 is 9.59 Å². The molecule has 3 N–H and O–H groups in total. The molecule has 3 heterocycles. The molecule has 0 aliphatic heterocycles. The number of anilines is 1. The Balaban J connectivity index is 1.34. The molecule has 2 amide bonds. The summed E-state index contributed by atoms with van der Waals surface area (Å²) in [5.41, 5.74) is 10.6. The largest absolute Gasteiger partial charge is 0.365 e. The second-order valence-electron chi connectivity index (χ2n) is 7.93. The van der Waals surface area contributed by atoms with Crippen LogP contribution in [0.4, 0.5) is 5.00 Å². The third-order valence-electron chi connectivity index (χ3n) is 5.87. The highest BCUT2D eigenvalue weighted by atomic mass is 32.2. The molecular formula is C24H19N5O2S2. The van der Waals surface area contributed by atoms with Gasteiger partial charge in [0, 0.05) is 10.3 Å². The molecule has 2 aromatic carbocycles. The molecule has 164 valence electrons. The van der Waals surface area contributed by atoms with Gasteiger partial charge in [-0.3, -0.25) is 14.0 Å². The average molecular weight is 474 g/mol. The van der Waals surface area contributed by atoms with Crippen molar-refractivity contribution in [1.82, 2.24) is 14.4 Å². The summed E-state index contributed by atoms with van der Waals surface area (Å²) in [6.45, 7) is 0. The Hall–Kier alpha value is -3.43. The van der Waals surface area contributed by atoms with E-state index in [1.807, 2.05) is 52.9 Å². The average Bonchev–Trinajstić information content (AvgIpc) is 3.50. The van der Waals surface area contributed by atoms with Gasteiger partial charge < -0.3 is 11.1 Å². The van der Waals surface area contributed by atoms with Gasteiger partial charge in [0.25, 0.3) is 5.91 Å². The highest BCUT2D eigenvalue weighted by Gasteiger charge is 2.26. The third-order valence-corrected chi connectivity index (χ3v) is 8.01. The lowest BCUT2D eigenvalue weighted by molar-refractivity contribution is -0.113. The van der Waals surface area contributed by atoms with E-state index in [2.05, 4.69) is 5.32 Å². The molecule has 9 heteroatoms. The fraction of sp³-hybridized carbons (Fsp3) is 0.167. The van der Waals surface area contributed by atoms with Gasteiger partial charge in [0.15, 0.2) is 5.16 Å². The molecule has 0 atom stereocenters.